The van der Waals surface area contributed by atoms with E-state index in [0.29, 0.717) is 6.54 Å². The fourth-order valence-corrected chi connectivity index (χ4v) is 5.29. The number of amides is 1. The number of carbonyl (C=O) groups excluding carboxylic acids is 2. The Balaban J connectivity index is 2.46. The SMILES string of the molecule is C=CCNC(=O)[C@@]12CC[C@](C)(C(=O)[C@H]1Br)C2(C)C. The number of hydrogen-bond acceptors (Lipinski definition) is 2. The average molecular weight is 314 g/mol. The molecule has 2 fully saturated rings. The van der Waals surface area contributed by atoms with Crippen LogP contribution < -0.4 is 5.32 Å². The van der Waals surface area contributed by atoms with Crippen molar-refractivity contribution in [2.75, 3.05) is 6.54 Å². The van der Waals surface area contributed by atoms with E-state index >= 15 is 0 Å². The second kappa shape index (κ2) is 3.92. The largest absolute Gasteiger partial charge is 0.352 e. The molecule has 0 saturated heterocycles. The summed E-state index contributed by atoms with van der Waals surface area (Å²) in [4.78, 5) is 24.6. The van der Waals surface area contributed by atoms with Gasteiger partial charge in [0, 0.05) is 12.0 Å². The molecule has 0 spiro atoms. The predicted octanol–water partition coefficient (Wildman–Crippen LogP) is 2.45. The Hall–Kier alpha value is -0.640. The van der Waals surface area contributed by atoms with E-state index in [1.54, 1.807) is 6.08 Å². The molecule has 100 valence electrons. The highest BCUT2D eigenvalue weighted by Gasteiger charge is 2.76. The van der Waals surface area contributed by atoms with E-state index in [2.05, 4.69) is 27.8 Å². The molecule has 0 unspecified atom stereocenters. The molecule has 2 aliphatic rings. The first-order valence-electron chi connectivity index (χ1n) is 6.33. The number of Topliss-reactive ketones (excluding diaryl/α,β-unsaturated/α-hetero) is 1. The van der Waals surface area contributed by atoms with Gasteiger partial charge in [-0.3, -0.25) is 9.59 Å². The van der Waals surface area contributed by atoms with Gasteiger partial charge in [0.2, 0.25) is 5.91 Å². The van der Waals surface area contributed by atoms with Crippen molar-refractivity contribution in [3.63, 3.8) is 0 Å². The van der Waals surface area contributed by atoms with E-state index in [4.69, 9.17) is 0 Å². The van der Waals surface area contributed by atoms with Gasteiger partial charge in [-0.2, -0.15) is 0 Å². The Bertz CT molecular complexity index is 432. The van der Waals surface area contributed by atoms with Crippen molar-refractivity contribution in [3.05, 3.63) is 12.7 Å². The van der Waals surface area contributed by atoms with Gasteiger partial charge in [0.1, 0.15) is 0 Å². The lowest BCUT2D eigenvalue weighted by Gasteiger charge is -2.39. The van der Waals surface area contributed by atoms with Crippen LogP contribution in [0.15, 0.2) is 12.7 Å². The molecule has 4 heteroatoms. The monoisotopic (exact) mass is 313 g/mol. The lowest BCUT2D eigenvalue weighted by Crippen LogP contribution is -2.50. The summed E-state index contributed by atoms with van der Waals surface area (Å²) in [5, 5.41) is 2.88. The van der Waals surface area contributed by atoms with Crippen LogP contribution in [0.5, 0.6) is 0 Å². The molecule has 3 atom stereocenters. The standard InChI is InChI=1S/C14H20BrNO2/c1-5-8-16-11(18)14-7-6-13(4,12(14,2)3)10(17)9(14)15/h5,9H,1,6-8H2,2-4H3,(H,16,18)/t9-,13-,14-/m1/s1. The van der Waals surface area contributed by atoms with Crippen LogP contribution in [-0.2, 0) is 9.59 Å². The molecule has 1 N–H and O–H groups in total. The van der Waals surface area contributed by atoms with Gasteiger partial charge >= 0.3 is 0 Å². The summed E-state index contributed by atoms with van der Waals surface area (Å²) in [5.74, 6) is 0.149. The van der Waals surface area contributed by atoms with Crippen LogP contribution in [0.4, 0.5) is 0 Å². The van der Waals surface area contributed by atoms with Crippen LogP contribution in [0, 0.1) is 16.2 Å². The molecule has 0 aromatic heterocycles. The maximum absolute atomic E-state index is 12.6. The van der Waals surface area contributed by atoms with Gasteiger partial charge in [-0.05, 0) is 18.3 Å². The highest BCUT2D eigenvalue weighted by Crippen LogP contribution is 2.72. The minimum absolute atomic E-state index is 0.0242. The van der Waals surface area contributed by atoms with Crippen molar-refractivity contribution in [1.29, 1.82) is 0 Å². The van der Waals surface area contributed by atoms with Crippen LogP contribution >= 0.6 is 15.9 Å². The number of nitrogens with one attached hydrogen (secondary N) is 1. The van der Waals surface area contributed by atoms with E-state index in [1.165, 1.54) is 0 Å². The number of carbonyl (C=O) groups is 2. The molecule has 2 saturated carbocycles. The van der Waals surface area contributed by atoms with Crippen LogP contribution in [0.2, 0.25) is 0 Å². The Kier molecular flexibility index (Phi) is 3.01. The number of alkyl halides is 1. The number of hydrogen-bond donors (Lipinski definition) is 1. The normalized spacial score (nSPS) is 40.9. The number of rotatable bonds is 3. The Morgan fingerprint density at radius 3 is 2.56 bits per heavy atom. The highest BCUT2D eigenvalue weighted by molar-refractivity contribution is 9.10. The molecule has 1 amide bonds. The molecular weight excluding hydrogens is 294 g/mol. The van der Waals surface area contributed by atoms with Crippen LogP contribution in [0.3, 0.4) is 0 Å². The molecule has 0 aromatic rings. The molecule has 3 nitrogen and oxygen atoms in total. The van der Waals surface area contributed by atoms with Gasteiger partial charge < -0.3 is 5.32 Å². The minimum Gasteiger partial charge on any atom is -0.352 e. The highest BCUT2D eigenvalue weighted by atomic mass is 79.9. The molecule has 2 rings (SSSR count). The molecular formula is C14H20BrNO2. The summed E-state index contributed by atoms with van der Waals surface area (Å²) < 4.78 is 0. The molecule has 18 heavy (non-hydrogen) atoms. The first-order valence-corrected chi connectivity index (χ1v) is 7.25. The van der Waals surface area contributed by atoms with E-state index in [0.717, 1.165) is 12.8 Å². The maximum Gasteiger partial charge on any atom is 0.228 e. The van der Waals surface area contributed by atoms with Crippen molar-refractivity contribution in [2.24, 2.45) is 16.2 Å². The van der Waals surface area contributed by atoms with Crippen LogP contribution in [0.1, 0.15) is 33.6 Å². The molecule has 0 heterocycles. The maximum atomic E-state index is 12.6. The summed E-state index contributed by atoms with van der Waals surface area (Å²) in [6, 6.07) is 0. The topological polar surface area (TPSA) is 46.2 Å². The van der Waals surface area contributed by atoms with Crippen molar-refractivity contribution < 1.29 is 9.59 Å². The van der Waals surface area contributed by atoms with E-state index in [-0.39, 0.29) is 21.9 Å². The predicted molar refractivity (Wildman–Crippen MR) is 74.5 cm³/mol. The zero-order valence-corrected chi connectivity index (χ0v) is 12.8. The molecule has 2 bridgehead atoms. The van der Waals surface area contributed by atoms with E-state index in [9.17, 15) is 9.59 Å². The van der Waals surface area contributed by atoms with Crippen molar-refractivity contribution in [3.8, 4) is 0 Å². The molecule has 0 aliphatic heterocycles. The number of halogens is 1. The number of fused-ring (bicyclic) bond motifs is 2. The Morgan fingerprint density at radius 1 is 1.50 bits per heavy atom. The third-order valence-electron chi connectivity index (χ3n) is 5.53. The van der Waals surface area contributed by atoms with Gasteiger partial charge in [-0.15, -0.1) is 6.58 Å². The van der Waals surface area contributed by atoms with Gasteiger partial charge in [0.25, 0.3) is 0 Å². The Labute approximate surface area is 117 Å². The Morgan fingerprint density at radius 2 is 2.11 bits per heavy atom. The van der Waals surface area contributed by atoms with Crippen molar-refractivity contribution in [2.45, 2.75) is 38.4 Å². The van der Waals surface area contributed by atoms with Gasteiger partial charge in [-0.1, -0.05) is 42.8 Å². The average Bonchev–Trinajstić information content (AvgIpc) is 2.59. The smallest absolute Gasteiger partial charge is 0.228 e. The van der Waals surface area contributed by atoms with Crippen molar-refractivity contribution >= 4 is 27.6 Å². The first-order chi connectivity index (χ1) is 8.25. The van der Waals surface area contributed by atoms with E-state index < -0.39 is 10.8 Å². The summed E-state index contributed by atoms with van der Waals surface area (Å²) in [5.41, 5.74) is -1.34. The minimum atomic E-state index is -0.623. The molecule has 0 aromatic carbocycles. The second-order valence-corrected chi connectivity index (χ2v) is 7.07. The third-order valence-corrected chi connectivity index (χ3v) is 6.73. The van der Waals surface area contributed by atoms with Crippen LogP contribution in [0.25, 0.3) is 0 Å². The lowest BCUT2D eigenvalue weighted by molar-refractivity contribution is -0.135. The fourth-order valence-electron chi connectivity index (χ4n) is 3.78. The van der Waals surface area contributed by atoms with Crippen LogP contribution in [-0.4, -0.2) is 23.1 Å². The summed E-state index contributed by atoms with van der Waals surface area (Å²) in [7, 11) is 0. The van der Waals surface area contributed by atoms with Gasteiger partial charge in [-0.25, -0.2) is 0 Å². The summed E-state index contributed by atoms with van der Waals surface area (Å²) >= 11 is 3.49. The number of ketones is 1. The van der Waals surface area contributed by atoms with E-state index in [1.807, 2.05) is 20.8 Å². The zero-order chi connectivity index (χ0) is 13.8. The second-order valence-electron chi connectivity index (χ2n) is 6.15. The third kappa shape index (κ3) is 1.25. The van der Waals surface area contributed by atoms with Gasteiger partial charge in [0.05, 0.1) is 10.2 Å². The zero-order valence-electron chi connectivity index (χ0n) is 11.2. The summed E-state index contributed by atoms with van der Waals surface area (Å²) in [6.07, 6.45) is 3.22. The fraction of sp³-hybridized carbons (Fsp3) is 0.714. The summed E-state index contributed by atoms with van der Waals surface area (Å²) in [6.45, 7) is 10.2. The van der Waals surface area contributed by atoms with Crippen molar-refractivity contribution in [1.82, 2.24) is 5.32 Å². The molecule has 0 radical (unpaired) electrons. The lowest BCUT2D eigenvalue weighted by atomic mass is 9.64. The quantitative estimate of drug-likeness (QED) is 0.642. The first kappa shape index (κ1) is 13.8. The molecule has 2 aliphatic carbocycles. The van der Waals surface area contributed by atoms with Gasteiger partial charge in [0.15, 0.2) is 5.78 Å².